The highest BCUT2D eigenvalue weighted by Crippen LogP contribution is 2.34. The number of carbonyl (C=O) groups excluding carboxylic acids is 1. The van der Waals surface area contributed by atoms with Gasteiger partial charge in [-0.05, 0) is 38.3 Å². The molecule has 2 aliphatic heterocycles. The Morgan fingerprint density at radius 3 is 2.95 bits per heavy atom. The molecule has 0 radical (unpaired) electrons. The summed E-state index contributed by atoms with van der Waals surface area (Å²) in [7, 11) is 0. The predicted octanol–water partition coefficient (Wildman–Crippen LogP) is 2.62. The first-order valence-electron chi connectivity index (χ1n) is 7.64. The Labute approximate surface area is 124 Å². The van der Waals surface area contributed by atoms with E-state index in [-0.39, 0.29) is 11.8 Å². The summed E-state index contributed by atoms with van der Waals surface area (Å²) in [5.41, 5.74) is 2.74. The first-order chi connectivity index (χ1) is 10.2. The number of nitrogens with zero attached hydrogens (tertiary/aromatic N) is 1. The van der Waals surface area contributed by atoms with Crippen LogP contribution >= 0.6 is 0 Å². The molecule has 4 nitrogen and oxygen atoms in total. The topological polar surface area (TPSA) is 54.0 Å². The van der Waals surface area contributed by atoms with Gasteiger partial charge >= 0.3 is 0 Å². The van der Waals surface area contributed by atoms with Crippen molar-refractivity contribution in [2.24, 2.45) is 5.92 Å². The lowest BCUT2D eigenvalue weighted by Crippen LogP contribution is -2.32. The lowest BCUT2D eigenvalue weighted by molar-refractivity contribution is -0.120. The molecule has 2 bridgehead atoms. The van der Waals surface area contributed by atoms with E-state index in [1.54, 1.807) is 0 Å². The molecule has 2 saturated heterocycles. The summed E-state index contributed by atoms with van der Waals surface area (Å²) in [6.07, 6.45) is 3.31. The Bertz CT molecular complexity index is 712. The molecule has 2 aromatic rings. The van der Waals surface area contributed by atoms with E-state index in [2.05, 4.69) is 15.6 Å². The third-order valence-corrected chi connectivity index (χ3v) is 4.74. The summed E-state index contributed by atoms with van der Waals surface area (Å²) in [5, 5.41) is 7.66. The van der Waals surface area contributed by atoms with Crippen LogP contribution in [0.1, 0.15) is 25.0 Å². The summed E-state index contributed by atoms with van der Waals surface area (Å²) < 4.78 is 0. The molecule has 0 spiro atoms. The number of pyridine rings is 1. The van der Waals surface area contributed by atoms with Crippen molar-refractivity contribution in [3.8, 4) is 0 Å². The Kier molecular flexibility index (Phi) is 2.93. The van der Waals surface area contributed by atoms with Crippen LogP contribution in [0, 0.1) is 12.8 Å². The molecule has 2 N–H and O–H groups in total. The van der Waals surface area contributed by atoms with Crippen molar-refractivity contribution >= 4 is 22.5 Å². The first-order valence-corrected chi connectivity index (χ1v) is 7.64. The van der Waals surface area contributed by atoms with Crippen LogP contribution in [-0.2, 0) is 4.79 Å². The van der Waals surface area contributed by atoms with Gasteiger partial charge in [-0.25, -0.2) is 0 Å². The van der Waals surface area contributed by atoms with Gasteiger partial charge in [0.1, 0.15) is 0 Å². The molecule has 3 atom stereocenters. The number of benzene rings is 1. The number of hydrogen-bond donors (Lipinski definition) is 2. The highest BCUT2D eigenvalue weighted by Gasteiger charge is 2.42. The normalized spacial score (nSPS) is 27.2. The molecule has 2 fully saturated rings. The fraction of sp³-hybridized carbons (Fsp3) is 0.412. The van der Waals surface area contributed by atoms with Gasteiger partial charge in [0.15, 0.2) is 0 Å². The van der Waals surface area contributed by atoms with Crippen LogP contribution in [0.15, 0.2) is 30.3 Å². The van der Waals surface area contributed by atoms with Crippen molar-refractivity contribution in [2.45, 2.75) is 38.3 Å². The number of anilines is 1. The Morgan fingerprint density at radius 1 is 1.33 bits per heavy atom. The number of para-hydroxylation sites is 1. The molecule has 1 aromatic heterocycles. The van der Waals surface area contributed by atoms with Crippen molar-refractivity contribution in [1.82, 2.24) is 10.3 Å². The van der Waals surface area contributed by atoms with E-state index in [0.717, 1.165) is 35.1 Å². The summed E-state index contributed by atoms with van der Waals surface area (Å²) >= 11 is 0. The van der Waals surface area contributed by atoms with Crippen LogP contribution in [0.25, 0.3) is 10.9 Å². The zero-order valence-electron chi connectivity index (χ0n) is 12.1. The smallest absolute Gasteiger partial charge is 0.229 e. The minimum absolute atomic E-state index is 0.107. The summed E-state index contributed by atoms with van der Waals surface area (Å²) in [4.78, 5) is 17.1. The fourth-order valence-corrected chi connectivity index (χ4v) is 3.75. The molecule has 21 heavy (non-hydrogen) atoms. The van der Waals surface area contributed by atoms with E-state index in [0.29, 0.717) is 12.1 Å². The highest BCUT2D eigenvalue weighted by atomic mass is 16.2. The van der Waals surface area contributed by atoms with E-state index < -0.39 is 0 Å². The maximum absolute atomic E-state index is 12.6. The van der Waals surface area contributed by atoms with Gasteiger partial charge in [-0.3, -0.25) is 9.78 Å². The summed E-state index contributed by atoms with van der Waals surface area (Å²) in [5.74, 6) is 0.251. The zero-order chi connectivity index (χ0) is 14.4. The summed E-state index contributed by atoms with van der Waals surface area (Å²) in [6, 6.07) is 10.8. The number of aromatic nitrogens is 1. The minimum atomic E-state index is 0.107. The quantitative estimate of drug-likeness (QED) is 0.889. The molecular formula is C17H19N3O. The molecule has 108 valence electrons. The van der Waals surface area contributed by atoms with Crippen LogP contribution in [0.5, 0.6) is 0 Å². The molecule has 4 heteroatoms. The molecule has 1 amide bonds. The molecule has 2 aliphatic rings. The molecule has 0 aliphatic carbocycles. The maximum Gasteiger partial charge on any atom is 0.229 e. The third kappa shape index (κ3) is 2.20. The van der Waals surface area contributed by atoms with Gasteiger partial charge in [0, 0.05) is 23.2 Å². The van der Waals surface area contributed by atoms with Crippen LogP contribution in [0.4, 0.5) is 5.69 Å². The van der Waals surface area contributed by atoms with E-state index >= 15 is 0 Å². The number of hydrogen-bond acceptors (Lipinski definition) is 3. The van der Waals surface area contributed by atoms with Gasteiger partial charge in [0.2, 0.25) is 5.91 Å². The highest BCUT2D eigenvalue weighted by molar-refractivity contribution is 6.02. The molecule has 4 rings (SSSR count). The number of rotatable bonds is 2. The number of fused-ring (bicyclic) bond motifs is 3. The average molecular weight is 281 g/mol. The second-order valence-corrected chi connectivity index (χ2v) is 6.21. The fourth-order valence-electron chi connectivity index (χ4n) is 3.75. The predicted molar refractivity (Wildman–Crippen MR) is 83.2 cm³/mol. The molecule has 0 saturated carbocycles. The van der Waals surface area contributed by atoms with Gasteiger partial charge in [-0.1, -0.05) is 18.2 Å². The monoisotopic (exact) mass is 281 g/mol. The Balaban J connectivity index is 1.63. The summed E-state index contributed by atoms with van der Waals surface area (Å²) in [6.45, 7) is 1.96. The van der Waals surface area contributed by atoms with Gasteiger partial charge in [0.25, 0.3) is 0 Å². The lowest BCUT2D eigenvalue weighted by atomic mass is 9.88. The lowest BCUT2D eigenvalue weighted by Gasteiger charge is -2.20. The van der Waals surface area contributed by atoms with E-state index in [1.165, 1.54) is 6.42 Å². The van der Waals surface area contributed by atoms with Crippen molar-refractivity contribution in [2.75, 3.05) is 5.32 Å². The van der Waals surface area contributed by atoms with Crippen LogP contribution in [0.3, 0.4) is 0 Å². The molecular weight excluding hydrogens is 262 g/mol. The van der Waals surface area contributed by atoms with Crippen LogP contribution in [-0.4, -0.2) is 23.0 Å². The standard InChI is InChI=1S/C17H19N3O/c1-10-8-16(12-4-2-3-5-14(12)18-10)20-17(21)13-9-11-6-7-15(13)19-11/h2-5,8,11,13,15,19H,6-7,9H2,1H3,(H,18,20,21). The second kappa shape index (κ2) is 4.81. The Hall–Kier alpha value is -1.94. The van der Waals surface area contributed by atoms with Crippen molar-refractivity contribution < 1.29 is 4.79 Å². The van der Waals surface area contributed by atoms with Crippen molar-refractivity contribution in [3.05, 3.63) is 36.0 Å². The number of aryl methyl sites for hydroxylation is 1. The van der Waals surface area contributed by atoms with E-state index in [1.807, 2.05) is 37.3 Å². The van der Waals surface area contributed by atoms with Crippen molar-refractivity contribution in [1.29, 1.82) is 0 Å². The van der Waals surface area contributed by atoms with Gasteiger partial charge in [-0.2, -0.15) is 0 Å². The van der Waals surface area contributed by atoms with Crippen molar-refractivity contribution in [3.63, 3.8) is 0 Å². The maximum atomic E-state index is 12.6. The minimum Gasteiger partial charge on any atom is -0.325 e. The van der Waals surface area contributed by atoms with Crippen LogP contribution in [0.2, 0.25) is 0 Å². The first kappa shape index (κ1) is 12.8. The van der Waals surface area contributed by atoms with Gasteiger partial charge in [-0.15, -0.1) is 0 Å². The molecule has 3 heterocycles. The number of carbonyl (C=O) groups is 1. The van der Waals surface area contributed by atoms with Crippen LogP contribution < -0.4 is 10.6 Å². The molecule has 3 unspecified atom stereocenters. The average Bonchev–Trinajstić information content (AvgIpc) is 3.09. The number of amides is 1. The SMILES string of the molecule is Cc1cc(NC(=O)C2CC3CCC2N3)c2ccccc2n1. The number of nitrogens with one attached hydrogen (secondary N) is 2. The van der Waals surface area contributed by atoms with Gasteiger partial charge < -0.3 is 10.6 Å². The molecule has 1 aromatic carbocycles. The zero-order valence-corrected chi connectivity index (χ0v) is 12.1. The van der Waals surface area contributed by atoms with E-state index in [4.69, 9.17) is 0 Å². The largest absolute Gasteiger partial charge is 0.325 e. The van der Waals surface area contributed by atoms with Gasteiger partial charge in [0.05, 0.1) is 17.1 Å². The van der Waals surface area contributed by atoms with E-state index in [9.17, 15) is 4.79 Å². The second-order valence-electron chi connectivity index (χ2n) is 6.21. The Morgan fingerprint density at radius 2 is 2.19 bits per heavy atom. The third-order valence-electron chi connectivity index (χ3n) is 4.74.